The minimum atomic E-state index is -0.158. The van der Waals surface area contributed by atoms with E-state index in [1.165, 1.54) is 13.0 Å². The second-order valence-electron chi connectivity index (χ2n) is 4.81. The van der Waals surface area contributed by atoms with Crippen LogP contribution in [0.25, 0.3) is 16.6 Å². The van der Waals surface area contributed by atoms with Gasteiger partial charge in [-0.25, -0.2) is 0 Å². The highest BCUT2D eigenvalue weighted by Gasteiger charge is 2.20. The first kappa shape index (κ1) is 13.5. The molecule has 0 amide bonds. The molecule has 0 bridgehead atoms. The zero-order chi connectivity index (χ0) is 15.1. The molecule has 4 nitrogen and oxygen atoms in total. The summed E-state index contributed by atoms with van der Waals surface area (Å²) in [4.78, 5) is 11.9. The summed E-state index contributed by atoms with van der Waals surface area (Å²) in [7, 11) is 0. The van der Waals surface area contributed by atoms with Crippen LogP contribution >= 0.6 is 11.6 Å². The van der Waals surface area contributed by atoms with Crippen LogP contribution in [0.2, 0.25) is 5.02 Å². The fraction of sp³-hybridized carbons (Fsp3) is 0.0625. The standard InChI is InChI=1S/C16H13ClN2O2/c1-9(20)15-11-7-14(21)12(17)8-13(11)19(16(15)18)10-5-3-2-4-6-10/h2-8,21H,18H2,1H3. The van der Waals surface area contributed by atoms with Crippen LogP contribution in [0.4, 0.5) is 5.82 Å². The summed E-state index contributed by atoms with van der Waals surface area (Å²) in [6.07, 6.45) is 0. The molecule has 106 valence electrons. The smallest absolute Gasteiger partial charge is 0.164 e. The third-order valence-electron chi connectivity index (χ3n) is 3.44. The summed E-state index contributed by atoms with van der Waals surface area (Å²) >= 11 is 6.00. The molecular weight excluding hydrogens is 288 g/mol. The van der Waals surface area contributed by atoms with Crippen LogP contribution in [0.5, 0.6) is 5.75 Å². The molecule has 2 aromatic carbocycles. The zero-order valence-corrected chi connectivity index (χ0v) is 12.1. The Morgan fingerprint density at radius 1 is 1.24 bits per heavy atom. The molecular formula is C16H13ClN2O2. The molecule has 0 aliphatic heterocycles. The van der Waals surface area contributed by atoms with E-state index in [2.05, 4.69) is 0 Å². The average molecular weight is 301 g/mol. The van der Waals surface area contributed by atoms with Crippen LogP contribution in [-0.4, -0.2) is 15.5 Å². The van der Waals surface area contributed by atoms with Gasteiger partial charge in [0.25, 0.3) is 0 Å². The highest BCUT2D eigenvalue weighted by atomic mass is 35.5. The quantitative estimate of drug-likeness (QED) is 0.708. The molecule has 0 aliphatic rings. The highest BCUT2D eigenvalue weighted by Crippen LogP contribution is 2.37. The number of Topliss-reactive ketones (excluding diaryl/α,β-unsaturated/α-hetero) is 1. The zero-order valence-electron chi connectivity index (χ0n) is 11.3. The van der Waals surface area contributed by atoms with Gasteiger partial charge in [-0.3, -0.25) is 9.36 Å². The molecule has 0 saturated carbocycles. The number of para-hydroxylation sites is 1. The van der Waals surface area contributed by atoms with Gasteiger partial charge in [0.05, 0.1) is 16.1 Å². The second kappa shape index (κ2) is 4.82. The molecule has 5 heteroatoms. The van der Waals surface area contributed by atoms with Crippen molar-refractivity contribution in [2.24, 2.45) is 0 Å². The van der Waals surface area contributed by atoms with Gasteiger partial charge in [0.2, 0.25) is 0 Å². The summed E-state index contributed by atoms with van der Waals surface area (Å²) in [5.74, 6) is 0.108. The number of phenolic OH excluding ortho intramolecular Hbond substituents is 1. The monoisotopic (exact) mass is 300 g/mol. The average Bonchev–Trinajstić information content (AvgIpc) is 2.72. The predicted molar refractivity (Wildman–Crippen MR) is 84.4 cm³/mol. The lowest BCUT2D eigenvalue weighted by Crippen LogP contribution is -2.03. The molecule has 0 saturated heterocycles. The van der Waals surface area contributed by atoms with E-state index in [1.54, 1.807) is 10.6 Å². The summed E-state index contributed by atoms with van der Waals surface area (Å²) in [6.45, 7) is 1.45. The topological polar surface area (TPSA) is 68.2 Å². The third kappa shape index (κ3) is 2.04. The molecule has 3 aromatic rings. The largest absolute Gasteiger partial charge is 0.506 e. The van der Waals surface area contributed by atoms with Crippen molar-refractivity contribution in [3.63, 3.8) is 0 Å². The van der Waals surface area contributed by atoms with Crippen LogP contribution in [-0.2, 0) is 0 Å². The van der Waals surface area contributed by atoms with E-state index in [0.717, 1.165) is 5.69 Å². The fourth-order valence-corrected chi connectivity index (χ4v) is 2.70. The molecule has 0 spiro atoms. The van der Waals surface area contributed by atoms with Gasteiger partial charge in [-0.2, -0.15) is 0 Å². The Balaban J connectivity index is 2.47. The molecule has 0 aliphatic carbocycles. The minimum absolute atomic E-state index is 0.0723. The van der Waals surface area contributed by atoms with E-state index in [1.807, 2.05) is 30.3 Å². The number of carbonyl (C=O) groups is 1. The number of hydrogen-bond donors (Lipinski definition) is 2. The fourth-order valence-electron chi connectivity index (χ4n) is 2.54. The predicted octanol–water partition coefficient (Wildman–Crippen LogP) is 3.77. The summed E-state index contributed by atoms with van der Waals surface area (Å²) in [5.41, 5.74) is 8.07. The minimum Gasteiger partial charge on any atom is -0.506 e. The maximum atomic E-state index is 11.9. The molecule has 3 N–H and O–H groups in total. The maximum absolute atomic E-state index is 11.9. The summed E-state index contributed by atoms with van der Waals surface area (Å²) in [6, 6.07) is 12.5. The van der Waals surface area contributed by atoms with Gasteiger partial charge in [0.15, 0.2) is 5.78 Å². The number of nitrogens with two attached hydrogens (primary N) is 1. The molecule has 21 heavy (non-hydrogen) atoms. The number of aromatic nitrogens is 1. The number of hydrogen-bond acceptors (Lipinski definition) is 3. The highest BCUT2D eigenvalue weighted by molar-refractivity contribution is 6.33. The molecule has 1 aromatic heterocycles. The van der Waals surface area contributed by atoms with Crippen molar-refractivity contribution in [3.05, 3.63) is 53.1 Å². The normalized spacial score (nSPS) is 11.0. The van der Waals surface area contributed by atoms with Crippen molar-refractivity contribution in [2.75, 3.05) is 5.73 Å². The Morgan fingerprint density at radius 3 is 2.52 bits per heavy atom. The van der Waals surface area contributed by atoms with E-state index in [9.17, 15) is 9.90 Å². The Labute approximate surface area is 126 Å². The Kier molecular flexibility index (Phi) is 3.11. The lowest BCUT2D eigenvalue weighted by molar-refractivity contribution is 0.102. The van der Waals surface area contributed by atoms with E-state index >= 15 is 0 Å². The Bertz CT molecular complexity index is 854. The van der Waals surface area contributed by atoms with Crippen LogP contribution in [0.15, 0.2) is 42.5 Å². The van der Waals surface area contributed by atoms with Crippen molar-refractivity contribution in [3.8, 4) is 11.4 Å². The van der Waals surface area contributed by atoms with Crippen molar-refractivity contribution >= 4 is 34.1 Å². The van der Waals surface area contributed by atoms with Gasteiger partial charge in [-0.15, -0.1) is 0 Å². The maximum Gasteiger partial charge on any atom is 0.164 e. The van der Waals surface area contributed by atoms with Gasteiger partial charge < -0.3 is 10.8 Å². The number of halogens is 1. The van der Waals surface area contributed by atoms with E-state index in [-0.39, 0.29) is 16.6 Å². The molecule has 0 radical (unpaired) electrons. The number of benzene rings is 2. The second-order valence-corrected chi connectivity index (χ2v) is 5.22. The van der Waals surface area contributed by atoms with E-state index in [4.69, 9.17) is 17.3 Å². The van der Waals surface area contributed by atoms with E-state index in [0.29, 0.717) is 22.3 Å². The molecule has 0 fully saturated rings. The number of phenols is 1. The number of nitrogens with zero attached hydrogens (tertiary/aromatic N) is 1. The first-order chi connectivity index (χ1) is 10.0. The number of carbonyl (C=O) groups excluding carboxylic acids is 1. The Morgan fingerprint density at radius 2 is 1.90 bits per heavy atom. The number of aromatic hydroxyl groups is 1. The number of fused-ring (bicyclic) bond motifs is 1. The first-order valence-corrected chi connectivity index (χ1v) is 6.77. The van der Waals surface area contributed by atoms with Crippen LogP contribution in [0.1, 0.15) is 17.3 Å². The van der Waals surface area contributed by atoms with Crippen LogP contribution in [0.3, 0.4) is 0 Å². The van der Waals surface area contributed by atoms with Crippen LogP contribution in [0, 0.1) is 0 Å². The molecule has 1 heterocycles. The summed E-state index contributed by atoms with van der Waals surface area (Å²) < 4.78 is 1.76. The van der Waals surface area contributed by atoms with Crippen molar-refractivity contribution in [1.82, 2.24) is 4.57 Å². The van der Waals surface area contributed by atoms with Gasteiger partial charge in [0.1, 0.15) is 11.6 Å². The van der Waals surface area contributed by atoms with E-state index < -0.39 is 0 Å². The number of ketones is 1. The number of nitrogen functional groups attached to an aromatic ring is 1. The van der Waals surface area contributed by atoms with Gasteiger partial charge >= 0.3 is 0 Å². The van der Waals surface area contributed by atoms with Crippen LogP contribution < -0.4 is 5.73 Å². The van der Waals surface area contributed by atoms with Gasteiger partial charge in [-0.05, 0) is 31.2 Å². The Hall–Kier alpha value is -2.46. The number of anilines is 1. The van der Waals surface area contributed by atoms with Crippen molar-refractivity contribution < 1.29 is 9.90 Å². The lowest BCUT2D eigenvalue weighted by Gasteiger charge is -2.08. The van der Waals surface area contributed by atoms with Crippen molar-refractivity contribution in [1.29, 1.82) is 0 Å². The van der Waals surface area contributed by atoms with Crippen molar-refractivity contribution in [2.45, 2.75) is 6.92 Å². The summed E-state index contributed by atoms with van der Waals surface area (Å²) in [5, 5.41) is 10.6. The first-order valence-electron chi connectivity index (χ1n) is 6.39. The molecule has 0 unspecified atom stereocenters. The third-order valence-corrected chi connectivity index (χ3v) is 3.74. The lowest BCUT2D eigenvalue weighted by atomic mass is 10.1. The van der Waals surface area contributed by atoms with Gasteiger partial charge in [-0.1, -0.05) is 29.8 Å². The molecule has 0 atom stereocenters. The SMILES string of the molecule is CC(=O)c1c(N)n(-c2ccccc2)c2cc(Cl)c(O)cc12. The molecule has 3 rings (SSSR count). The number of rotatable bonds is 2. The van der Waals surface area contributed by atoms with Gasteiger partial charge in [0, 0.05) is 11.1 Å².